The molecule has 1 aliphatic rings. The van der Waals surface area contributed by atoms with E-state index in [9.17, 15) is 0 Å². The second-order valence-electron chi connectivity index (χ2n) is 3.94. The first kappa shape index (κ1) is 14.1. The molecule has 0 saturated heterocycles. The fraction of sp³-hybridized carbons (Fsp3) is 0.500. The van der Waals surface area contributed by atoms with Crippen molar-refractivity contribution in [2.24, 2.45) is 11.5 Å². The first-order valence-electron chi connectivity index (χ1n) is 5.66. The number of benzene rings is 1. The van der Waals surface area contributed by atoms with Gasteiger partial charge in [-0.1, -0.05) is 6.07 Å². The summed E-state index contributed by atoms with van der Waals surface area (Å²) >= 11 is 0. The number of hydrogen-bond acceptors (Lipinski definition) is 4. The monoisotopic (exact) mass is 258 g/mol. The van der Waals surface area contributed by atoms with E-state index in [1.165, 1.54) is 0 Å². The summed E-state index contributed by atoms with van der Waals surface area (Å²) < 4.78 is 11.0. The number of nitrogens with two attached hydrogens (primary N) is 2. The summed E-state index contributed by atoms with van der Waals surface area (Å²) in [6.07, 6.45) is 1.84. The fourth-order valence-corrected chi connectivity index (χ4v) is 1.80. The van der Waals surface area contributed by atoms with Crippen LogP contribution < -0.4 is 20.9 Å². The lowest BCUT2D eigenvalue weighted by Crippen LogP contribution is -2.17. The maximum absolute atomic E-state index is 6.06. The maximum Gasteiger partial charge on any atom is 0.161 e. The Hall–Kier alpha value is -0.970. The molecule has 5 heteroatoms. The van der Waals surface area contributed by atoms with Gasteiger partial charge in [0.15, 0.2) is 11.5 Å². The normalized spacial score (nSPS) is 14.9. The standard InChI is InChI=1S/C12H18N2O2.ClH/c13-5-1-2-10(14)9-3-4-11-12(8-9)16-7-6-15-11;/h3-4,8,10H,1-2,5-7,13-14H2;1H/t10-;/m1./s1. The molecule has 1 aromatic carbocycles. The molecule has 0 spiro atoms. The molecule has 4 nitrogen and oxygen atoms in total. The largest absolute Gasteiger partial charge is 0.486 e. The molecule has 96 valence electrons. The van der Waals surface area contributed by atoms with Gasteiger partial charge in [0.2, 0.25) is 0 Å². The van der Waals surface area contributed by atoms with Crippen LogP contribution in [0.1, 0.15) is 24.4 Å². The zero-order valence-electron chi connectivity index (χ0n) is 9.72. The molecular formula is C12H19ClN2O2. The summed E-state index contributed by atoms with van der Waals surface area (Å²) in [7, 11) is 0. The van der Waals surface area contributed by atoms with Crippen LogP contribution in [0.5, 0.6) is 11.5 Å². The van der Waals surface area contributed by atoms with Crippen LogP contribution in [0.2, 0.25) is 0 Å². The molecule has 0 saturated carbocycles. The minimum Gasteiger partial charge on any atom is -0.486 e. The van der Waals surface area contributed by atoms with Crippen molar-refractivity contribution in [1.82, 2.24) is 0 Å². The van der Waals surface area contributed by atoms with Gasteiger partial charge < -0.3 is 20.9 Å². The predicted octanol–water partition coefficient (Wildman–Crippen LogP) is 1.62. The summed E-state index contributed by atoms with van der Waals surface area (Å²) in [6.45, 7) is 1.90. The summed E-state index contributed by atoms with van der Waals surface area (Å²) in [6, 6.07) is 5.91. The van der Waals surface area contributed by atoms with Crippen LogP contribution in [-0.2, 0) is 0 Å². The highest BCUT2D eigenvalue weighted by Gasteiger charge is 2.14. The average Bonchev–Trinajstić information content (AvgIpc) is 2.35. The summed E-state index contributed by atoms with van der Waals surface area (Å²) in [5.41, 5.74) is 12.6. The summed E-state index contributed by atoms with van der Waals surface area (Å²) in [5, 5.41) is 0. The molecule has 0 radical (unpaired) electrons. The zero-order chi connectivity index (χ0) is 11.4. The lowest BCUT2D eigenvalue weighted by Gasteiger charge is -2.20. The highest BCUT2D eigenvalue weighted by atomic mass is 35.5. The molecule has 1 aromatic rings. The fourth-order valence-electron chi connectivity index (χ4n) is 1.80. The van der Waals surface area contributed by atoms with E-state index in [0.29, 0.717) is 19.8 Å². The van der Waals surface area contributed by atoms with Gasteiger partial charge >= 0.3 is 0 Å². The Morgan fingerprint density at radius 3 is 2.59 bits per heavy atom. The predicted molar refractivity (Wildman–Crippen MR) is 69.9 cm³/mol. The number of hydrogen-bond donors (Lipinski definition) is 2. The Kier molecular flexibility index (Phi) is 5.55. The van der Waals surface area contributed by atoms with E-state index in [1.54, 1.807) is 0 Å². The second-order valence-corrected chi connectivity index (χ2v) is 3.94. The summed E-state index contributed by atoms with van der Waals surface area (Å²) in [5.74, 6) is 1.60. The molecule has 2 rings (SSSR count). The Labute approximate surface area is 108 Å². The SMILES string of the molecule is Cl.NCCC[C@@H](N)c1ccc2c(c1)OCCO2. The summed E-state index contributed by atoms with van der Waals surface area (Å²) in [4.78, 5) is 0. The van der Waals surface area contributed by atoms with Gasteiger partial charge in [-0.25, -0.2) is 0 Å². The average molecular weight is 259 g/mol. The van der Waals surface area contributed by atoms with Gasteiger partial charge in [0.1, 0.15) is 13.2 Å². The second kappa shape index (κ2) is 6.69. The Morgan fingerprint density at radius 2 is 1.88 bits per heavy atom. The molecule has 1 heterocycles. The van der Waals surface area contributed by atoms with Crippen LogP contribution >= 0.6 is 12.4 Å². The highest BCUT2D eigenvalue weighted by molar-refractivity contribution is 5.85. The van der Waals surface area contributed by atoms with Crippen molar-refractivity contribution in [2.45, 2.75) is 18.9 Å². The van der Waals surface area contributed by atoms with Crippen molar-refractivity contribution in [3.63, 3.8) is 0 Å². The van der Waals surface area contributed by atoms with Gasteiger partial charge in [-0.3, -0.25) is 0 Å². The zero-order valence-corrected chi connectivity index (χ0v) is 10.5. The molecule has 0 fully saturated rings. The van der Waals surface area contributed by atoms with E-state index in [2.05, 4.69) is 0 Å². The van der Waals surface area contributed by atoms with Gasteiger partial charge in [0.05, 0.1) is 0 Å². The number of fused-ring (bicyclic) bond motifs is 1. The van der Waals surface area contributed by atoms with E-state index in [-0.39, 0.29) is 18.4 Å². The Balaban J connectivity index is 0.00000144. The van der Waals surface area contributed by atoms with Gasteiger partial charge in [-0.05, 0) is 37.1 Å². The quantitative estimate of drug-likeness (QED) is 0.861. The van der Waals surface area contributed by atoms with Crippen molar-refractivity contribution in [3.8, 4) is 11.5 Å². The third-order valence-electron chi connectivity index (χ3n) is 2.71. The molecule has 4 N–H and O–H groups in total. The smallest absolute Gasteiger partial charge is 0.161 e. The van der Waals surface area contributed by atoms with E-state index in [4.69, 9.17) is 20.9 Å². The Bertz CT molecular complexity index is 360. The van der Waals surface area contributed by atoms with Crippen LogP contribution in [0.15, 0.2) is 18.2 Å². The van der Waals surface area contributed by atoms with Gasteiger partial charge in [0, 0.05) is 6.04 Å². The minimum absolute atomic E-state index is 0. The molecule has 0 aliphatic carbocycles. The van der Waals surface area contributed by atoms with Crippen LogP contribution in [0.4, 0.5) is 0 Å². The van der Waals surface area contributed by atoms with Crippen molar-refractivity contribution in [3.05, 3.63) is 23.8 Å². The van der Waals surface area contributed by atoms with Crippen molar-refractivity contribution in [2.75, 3.05) is 19.8 Å². The van der Waals surface area contributed by atoms with E-state index in [1.807, 2.05) is 18.2 Å². The maximum atomic E-state index is 6.06. The third-order valence-corrected chi connectivity index (χ3v) is 2.71. The van der Waals surface area contributed by atoms with Gasteiger partial charge in [-0.15, -0.1) is 12.4 Å². The first-order chi connectivity index (χ1) is 7.81. The first-order valence-corrected chi connectivity index (χ1v) is 5.66. The van der Waals surface area contributed by atoms with Crippen LogP contribution in [0, 0.1) is 0 Å². The van der Waals surface area contributed by atoms with Crippen molar-refractivity contribution >= 4 is 12.4 Å². The number of halogens is 1. The van der Waals surface area contributed by atoms with Gasteiger partial charge in [-0.2, -0.15) is 0 Å². The van der Waals surface area contributed by atoms with Crippen LogP contribution in [0.25, 0.3) is 0 Å². The van der Waals surface area contributed by atoms with Crippen molar-refractivity contribution < 1.29 is 9.47 Å². The van der Waals surface area contributed by atoms with E-state index < -0.39 is 0 Å². The number of ether oxygens (including phenoxy) is 2. The van der Waals surface area contributed by atoms with E-state index in [0.717, 1.165) is 29.9 Å². The molecule has 0 amide bonds. The lowest BCUT2D eigenvalue weighted by molar-refractivity contribution is 0.171. The third kappa shape index (κ3) is 3.49. The van der Waals surface area contributed by atoms with Crippen molar-refractivity contribution in [1.29, 1.82) is 0 Å². The molecule has 0 bridgehead atoms. The van der Waals surface area contributed by atoms with Crippen LogP contribution in [-0.4, -0.2) is 19.8 Å². The molecule has 0 aromatic heterocycles. The lowest BCUT2D eigenvalue weighted by atomic mass is 10.0. The minimum atomic E-state index is 0. The molecule has 1 aliphatic heterocycles. The molecule has 1 atom stereocenters. The van der Waals surface area contributed by atoms with Gasteiger partial charge in [0.25, 0.3) is 0 Å². The van der Waals surface area contributed by atoms with Crippen LogP contribution in [0.3, 0.4) is 0 Å². The van der Waals surface area contributed by atoms with E-state index >= 15 is 0 Å². The highest BCUT2D eigenvalue weighted by Crippen LogP contribution is 2.32. The molecule has 0 unspecified atom stereocenters. The topological polar surface area (TPSA) is 70.5 Å². The number of rotatable bonds is 4. The Morgan fingerprint density at radius 1 is 1.18 bits per heavy atom. The molecular weight excluding hydrogens is 240 g/mol. The molecule has 17 heavy (non-hydrogen) atoms.